The van der Waals surface area contributed by atoms with Crippen molar-refractivity contribution in [3.63, 3.8) is 0 Å². The fraction of sp³-hybridized carbons (Fsp3) is 0.150. The molecule has 0 unspecified atom stereocenters. The second-order valence-corrected chi connectivity index (χ2v) is 7.76. The summed E-state index contributed by atoms with van der Waals surface area (Å²) in [6, 6.07) is 10.0. The van der Waals surface area contributed by atoms with Gasteiger partial charge in [-0.25, -0.2) is 9.59 Å². The SMILES string of the molecule is COc1cccc2cc(C(=O)OCC(=O)Nc3c(Br)cc(C)cc3Br)c(=O)oc12. The van der Waals surface area contributed by atoms with E-state index in [1.807, 2.05) is 19.1 Å². The maximum Gasteiger partial charge on any atom is 0.351 e. The van der Waals surface area contributed by atoms with Crippen molar-refractivity contribution in [2.24, 2.45) is 0 Å². The molecule has 0 fully saturated rings. The molecule has 9 heteroatoms. The number of amides is 1. The van der Waals surface area contributed by atoms with Crippen molar-refractivity contribution < 1.29 is 23.5 Å². The normalized spacial score (nSPS) is 10.6. The number of hydrogen-bond acceptors (Lipinski definition) is 6. The molecule has 0 aliphatic heterocycles. The van der Waals surface area contributed by atoms with Crippen molar-refractivity contribution in [1.82, 2.24) is 0 Å². The molecule has 0 saturated carbocycles. The Morgan fingerprint density at radius 3 is 2.48 bits per heavy atom. The van der Waals surface area contributed by atoms with E-state index < -0.39 is 24.1 Å². The molecule has 1 N–H and O–H groups in total. The minimum atomic E-state index is -0.958. The van der Waals surface area contributed by atoms with Crippen LogP contribution in [0.15, 0.2) is 54.6 Å². The van der Waals surface area contributed by atoms with Gasteiger partial charge >= 0.3 is 11.6 Å². The molecule has 3 rings (SSSR count). The zero-order valence-electron chi connectivity index (χ0n) is 15.4. The van der Waals surface area contributed by atoms with E-state index in [0.29, 0.717) is 25.8 Å². The van der Waals surface area contributed by atoms with E-state index in [2.05, 4.69) is 37.2 Å². The zero-order chi connectivity index (χ0) is 21.1. The molecule has 0 radical (unpaired) electrons. The lowest BCUT2D eigenvalue weighted by molar-refractivity contribution is -0.119. The second kappa shape index (κ2) is 8.79. The van der Waals surface area contributed by atoms with Crippen LogP contribution in [0.25, 0.3) is 11.0 Å². The second-order valence-electron chi connectivity index (χ2n) is 6.05. The monoisotopic (exact) mass is 523 g/mol. The molecular formula is C20H15Br2NO6. The van der Waals surface area contributed by atoms with Gasteiger partial charge in [-0.15, -0.1) is 0 Å². The number of nitrogens with one attached hydrogen (secondary N) is 1. The minimum Gasteiger partial charge on any atom is -0.493 e. The van der Waals surface area contributed by atoms with E-state index >= 15 is 0 Å². The Balaban J connectivity index is 1.73. The minimum absolute atomic E-state index is 0.225. The highest BCUT2D eigenvalue weighted by Gasteiger charge is 2.19. The summed E-state index contributed by atoms with van der Waals surface area (Å²) in [4.78, 5) is 36.6. The fourth-order valence-corrected chi connectivity index (χ4v) is 4.24. The van der Waals surface area contributed by atoms with Crippen LogP contribution in [0, 0.1) is 6.92 Å². The van der Waals surface area contributed by atoms with Gasteiger partial charge in [-0.05, 0) is 68.6 Å². The zero-order valence-corrected chi connectivity index (χ0v) is 18.5. The molecule has 1 heterocycles. The van der Waals surface area contributed by atoms with E-state index in [1.54, 1.807) is 18.2 Å². The van der Waals surface area contributed by atoms with E-state index in [9.17, 15) is 14.4 Å². The van der Waals surface area contributed by atoms with Crippen molar-refractivity contribution in [3.8, 4) is 5.75 Å². The van der Waals surface area contributed by atoms with Gasteiger partial charge in [0, 0.05) is 14.3 Å². The molecule has 0 aliphatic rings. The average Bonchev–Trinajstić information content (AvgIpc) is 2.67. The average molecular weight is 525 g/mol. The Kier molecular flexibility index (Phi) is 6.39. The van der Waals surface area contributed by atoms with Crippen LogP contribution in [0.3, 0.4) is 0 Å². The molecular weight excluding hydrogens is 510 g/mol. The Bertz CT molecular complexity index is 1150. The van der Waals surface area contributed by atoms with Crippen LogP contribution in [-0.2, 0) is 9.53 Å². The number of carbonyl (C=O) groups is 2. The third-order valence-corrected chi connectivity index (χ3v) is 5.20. The molecule has 0 bridgehead atoms. The number of ether oxygens (including phenoxy) is 2. The smallest absolute Gasteiger partial charge is 0.351 e. The first-order valence-corrected chi connectivity index (χ1v) is 9.92. The van der Waals surface area contributed by atoms with E-state index in [1.165, 1.54) is 13.2 Å². The van der Waals surface area contributed by atoms with Crippen molar-refractivity contribution >= 4 is 60.4 Å². The van der Waals surface area contributed by atoms with E-state index in [0.717, 1.165) is 5.56 Å². The van der Waals surface area contributed by atoms with E-state index in [4.69, 9.17) is 13.9 Å². The molecule has 3 aromatic rings. The van der Waals surface area contributed by atoms with Crippen LogP contribution < -0.4 is 15.7 Å². The van der Waals surface area contributed by atoms with Crippen LogP contribution in [0.1, 0.15) is 15.9 Å². The van der Waals surface area contributed by atoms with Gasteiger partial charge in [-0.3, -0.25) is 4.79 Å². The topological polar surface area (TPSA) is 94.8 Å². The Morgan fingerprint density at radius 1 is 1.14 bits per heavy atom. The first-order chi connectivity index (χ1) is 13.8. The molecule has 0 saturated heterocycles. The highest BCUT2D eigenvalue weighted by atomic mass is 79.9. The van der Waals surface area contributed by atoms with Crippen LogP contribution in [0.4, 0.5) is 5.69 Å². The quantitative estimate of drug-likeness (QED) is 0.392. The third kappa shape index (κ3) is 4.68. The number of hydrogen-bond donors (Lipinski definition) is 1. The van der Waals surface area contributed by atoms with Crippen molar-refractivity contribution in [2.45, 2.75) is 6.92 Å². The van der Waals surface area contributed by atoms with Crippen molar-refractivity contribution in [1.29, 1.82) is 0 Å². The molecule has 29 heavy (non-hydrogen) atoms. The third-order valence-electron chi connectivity index (χ3n) is 3.95. The van der Waals surface area contributed by atoms with Crippen LogP contribution >= 0.6 is 31.9 Å². The number of para-hydroxylation sites is 1. The number of esters is 1. The van der Waals surface area contributed by atoms with Gasteiger partial charge in [0.15, 0.2) is 17.9 Å². The maximum absolute atomic E-state index is 12.3. The summed E-state index contributed by atoms with van der Waals surface area (Å²) < 4.78 is 16.6. The predicted molar refractivity (Wildman–Crippen MR) is 115 cm³/mol. The van der Waals surface area contributed by atoms with Gasteiger partial charge in [-0.1, -0.05) is 12.1 Å². The Hall–Kier alpha value is -2.65. The predicted octanol–water partition coefficient (Wildman–Crippen LogP) is 4.43. The van der Waals surface area contributed by atoms with Crippen LogP contribution in [-0.4, -0.2) is 25.6 Å². The molecule has 0 spiro atoms. The van der Waals surface area contributed by atoms with Gasteiger partial charge in [0.05, 0.1) is 12.8 Å². The van der Waals surface area contributed by atoms with Gasteiger partial charge < -0.3 is 19.2 Å². The molecule has 0 atom stereocenters. The highest BCUT2D eigenvalue weighted by Crippen LogP contribution is 2.32. The molecule has 1 amide bonds. The number of benzene rings is 2. The summed E-state index contributed by atoms with van der Waals surface area (Å²) in [7, 11) is 1.44. The largest absolute Gasteiger partial charge is 0.493 e. The number of halogens is 2. The molecule has 7 nitrogen and oxygen atoms in total. The van der Waals surface area contributed by atoms with Gasteiger partial charge in [0.25, 0.3) is 5.91 Å². The summed E-state index contributed by atoms with van der Waals surface area (Å²) >= 11 is 6.74. The van der Waals surface area contributed by atoms with Gasteiger partial charge in [0.2, 0.25) is 0 Å². The summed E-state index contributed by atoms with van der Waals surface area (Å²) in [5, 5.41) is 3.14. The van der Waals surface area contributed by atoms with E-state index in [-0.39, 0.29) is 11.1 Å². The van der Waals surface area contributed by atoms with Crippen molar-refractivity contribution in [2.75, 3.05) is 19.0 Å². The molecule has 2 aromatic carbocycles. The maximum atomic E-state index is 12.3. The lowest BCUT2D eigenvalue weighted by atomic mass is 10.2. The van der Waals surface area contributed by atoms with Gasteiger partial charge in [-0.2, -0.15) is 0 Å². The first kappa shape index (κ1) is 21.1. The molecule has 0 aliphatic carbocycles. The number of fused-ring (bicyclic) bond motifs is 1. The Morgan fingerprint density at radius 2 is 1.83 bits per heavy atom. The first-order valence-electron chi connectivity index (χ1n) is 8.33. The van der Waals surface area contributed by atoms with Crippen LogP contribution in [0.2, 0.25) is 0 Å². The molecule has 150 valence electrons. The lowest BCUT2D eigenvalue weighted by Gasteiger charge is -2.11. The van der Waals surface area contributed by atoms with Crippen molar-refractivity contribution in [3.05, 3.63) is 66.9 Å². The highest BCUT2D eigenvalue weighted by molar-refractivity contribution is 9.11. The number of aryl methyl sites for hydroxylation is 1. The summed E-state index contributed by atoms with van der Waals surface area (Å²) in [5.41, 5.74) is 0.540. The standard InChI is InChI=1S/C20H15Br2NO6/c1-10-6-13(21)17(14(22)7-10)23-16(24)9-28-19(25)12-8-11-4-3-5-15(27-2)18(11)29-20(12)26/h3-8H,9H2,1-2H3,(H,23,24). The fourth-order valence-electron chi connectivity index (χ4n) is 2.62. The number of methoxy groups -OCH3 is 1. The summed E-state index contributed by atoms with van der Waals surface area (Å²) in [5.74, 6) is -1.15. The molecule has 1 aromatic heterocycles. The number of carbonyl (C=O) groups excluding carboxylic acids is 2. The summed E-state index contributed by atoms with van der Waals surface area (Å²) in [6.45, 7) is 1.34. The number of rotatable bonds is 5. The van der Waals surface area contributed by atoms with Crippen LogP contribution in [0.5, 0.6) is 5.75 Å². The Labute approximate surface area is 182 Å². The van der Waals surface area contributed by atoms with Gasteiger partial charge in [0.1, 0.15) is 5.56 Å². The number of anilines is 1. The summed E-state index contributed by atoms with van der Waals surface area (Å²) in [6.07, 6.45) is 0. The lowest BCUT2D eigenvalue weighted by Crippen LogP contribution is -2.24.